The van der Waals surface area contributed by atoms with Crippen molar-refractivity contribution in [1.82, 2.24) is 0 Å². The molecule has 11 unspecified atom stereocenters. The molecule has 13 N–H and O–H groups in total. The predicted octanol–water partition coefficient (Wildman–Crippen LogP) is 0.712. The van der Waals surface area contributed by atoms with Gasteiger partial charge in [0.25, 0.3) is 0 Å². The molecular weight excluding hydrogens is 851 g/mol. The number of carbonyl (C=O) groups is 2. The van der Waals surface area contributed by atoms with Crippen molar-refractivity contribution < 1.29 is 84.7 Å². The SMILES string of the molecule is CC1OC(O[C@H]2C=C/C=C/C=C/C=C/C=C/C=C/C=C/[C@H](C)[C@@H](O)[C@@H](C)[C@H](C)OC(=O)CC(O)CC(O)CCC(O)C(O)CC(O)C[C@]3(O)C[C@H](O)C(C(=O)O)C(C2)O3)C(O)[C@H](N)C1O. The molecule has 18 nitrogen and oxygen atoms in total. The number of hydrogen-bond donors (Lipinski definition) is 12. The van der Waals surface area contributed by atoms with Gasteiger partial charge in [-0.1, -0.05) is 98.9 Å². The molecule has 65 heavy (non-hydrogen) atoms. The molecule has 0 aliphatic carbocycles. The van der Waals surface area contributed by atoms with Crippen LogP contribution < -0.4 is 5.73 Å². The average molecular weight is 924 g/mol. The smallest absolute Gasteiger partial charge is 0.311 e. The minimum atomic E-state index is -2.33. The number of aliphatic carboxylic acids is 1. The van der Waals surface area contributed by atoms with Gasteiger partial charge in [0.1, 0.15) is 18.1 Å². The predicted molar refractivity (Wildman–Crippen MR) is 237 cm³/mol. The van der Waals surface area contributed by atoms with Gasteiger partial charge in [-0.15, -0.1) is 0 Å². The fourth-order valence-electron chi connectivity index (χ4n) is 7.97. The molecule has 18 heteroatoms. The van der Waals surface area contributed by atoms with Gasteiger partial charge in [0, 0.05) is 37.5 Å². The first kappa shape index (κ1) is 55.9. The molecule has 3 aliphatic rings. The molecule has 3 heterocycles. The molecule has 2 fully saturated rings. The maximum absolute atomic E-state index is 12.6. The summed E-state index contributed by atoms with van der Waals surface area (Å²) in [4.78, 5) is 25.1. The first-order chi connectivity index (χ1) is 30.6. The molecule has 0 amide bonds. The zero-order valence-corrected chi connectivity index (χ0v) is 37.6. The van der Waals surface area contributed by atoms with E-state index in [2.05, 4.69) is 0 Å². The van der Waals surface area contributed by atoms with Crippen molar-refractivity contribution in [3.05, 3.63) is 85.1 Å². The van der Waals surface area contributed by atoms with E-state index < -0.39 is 147 Å². The number of fused-ring (bicyclic) bond motifs is 2. The van der Waals surface area contributed by atoms with Crippen LogP contribution >= 0.6 is 0 Å². The second-order valence-corrected chi connectivity index (χ2v) is 17.6. The third-order valence-corrected chi connectivity index (χ3v) is 12.0. The summed E-state index contributed by atoms with van der Waals surface area (Å²) in [5, 5.41) is 118. The summed E-state index contributed by atoms with van der Waals surface area (Å²) < 4.78 is 23.1. The molecule has 0 aromatic rings. The second-order valence-electron chi connectivity index (χ2n) is 17.6. The van der Waals surface area contributed by atoms with E-state index >= 15 is 0 Å². The average Bonchev–Trinajstić information content (AvgIpc) is 3.21. The van der Waals surface area contributed by atoms with Crippen LogP contribution in [0.5, 0.6) is 0 Å². The highest BCUT2D eigenvalue weighted by Gasteiger charge is 2.51. The normalized spacial score (nSPS) is 45.0. The van der Waals surface area contributed by atoms with Gasteiger partial charge >= 0.3 is 11.9 Å². The lowest BCUT2D eigenvalue weighted by Gasteiger charge is -2.45. The first-order valence-corrected chi connectivity index (χ1v) is 22.3. The Bertz CT molecular complexity index is 1670. The van der Waals surface area contributed by atoms with E-state index in [9.17, 15) is 65.8 Å². The van der Waals surface area contributed by atoms with Crippen LogP contribution in [0, 0.1) is 17.8 Å². The van der Waals surface area contributed by atoms with E-state index in [4.69, 9.17) is 24.7 Å². The number of allylic oxidation sites excluding steroid dienone is 12. The van der Waals surface area contributed by atoms with Crippen molar-refractivity contribution >= 4 is 11.9 Å². The number of esters is 1. The number of carbonyl (C=O) groups excluding carboxylic acids is 1. The zero-order valence-electron chi connectivity index (χ0n) is 37.6. The summed E-state index contributed by atoms with van der Waals surface area (Å²) in [6, 6.07) is -1.15. The molecule has 0 radical (unpaired) electrons. The molecule has 19 atom stereocenters. The molecule has 0 aromatic heterocycles. The topological polar surface area (TPSA) is 320 Å². The third-order valence-electron chi connectivity index (χ3n) is 12.0. The lowest BCUT2D eigenvalue weighted by molar-refractivity contribution is -0.308. The van der Waals surface area contributed by atoms with E-state index in [0.29, 0.717) is 0 Å². The highest BCUT2D eigenvalue weighted by atomic mass is 16.7. The standard InChI is InChI=1S/C47H73NO17/c1-27-17-15-13-11-9-7-5-6-8-10-12-14-16-18-34(64-46-44(58)41(48)43(57)30(4)63-46)24-38-40(45(59)60)37(54)26-47(61,65-38)25-33(51)22-36(53)35(52)20-19-31(49)21-32(50)23-39(55)62-29(3)28(2)42(27)56/h5-18,27-38,40-44,46,49-54,56-58,61H,19-26,48H2,1-4H3,(H,59,60)/b6-5+,9-7+,10-8+,13-11+,14-12+,17-15+,18-16?/t27-,28-,29-,30?,31?,32?,33?,34-,35?,36?,37-,38?,40?,41+,42+,43?,44?,46?,47+/m0/s1. The molecule has 2 bridgehead atoms. The van der Waals surface area contributed by atoms with Crippen molar-refractivity contribution in [1.29, 1.82) is 0 Å². The van der Waals surface area contributed by atoms with Crippen molar-refractivity contribution in [2.24, 2.45) is 23.5 Å². The second kappa shape index (κ2) is 27.4. The summed E-state index contributed by atoms with van der Waals surface area (Å²) in [5.41, 5.74) is 6.02. The van der Waals surface area contributed by atoms with Crippen molar-refractivity contribution in [3.8, 4) is 0 Å². The Kier molecular flexibility index (Phi) is 23.6. The van der Waals surface area contributed by atoms with Crippen molar-refractivity contribution in [3.63, 3.8) is 0 Å². The number of aliphatic hydroxyl groups excluding tert-OH is 9. The highest BCUT2D eigenvalue weighted by molar-refractivity contribution is 5.71. The van der Waals surface area contributed by atoms with Gasteiger partial charge in [-0.3, -0.25) is 9.59 Å². The summed E-state index contributed by atoms with van der Waals surface area (Å²) >= 11 is 0. The fraction of sp³-hybridized carbons (Fsp3) is 0.660. The van der Waals surface area contributed by atoms with E-state index in [-0.39, 0.29) is 31.6 Å². The Morgan fingerprint density at radius 3 is 1.82 bits per heavy atom. The number of rotatable bonds is 3. The maximum Gasteiger partial charge on any atom is 0.311 e. The lowest BCUT2D eigenvalue weighted by atomic mass is 9.82. The molecule has 0 aromatic carbocycles. The Balaban J connectivity index is 1.86. The molecular formula is C47H73NO17. The zero-order chi connectivity index (χ0) is 48.4. The van der Waals surface area contributed by atoms with Gasteiger partial charge < -0.3 is 80.9 Å². The molecule has 0 saturated carbocycles. The van der Waals surface area contributed by atoms with Crippen LogP contribution in [0.25, 0.3) is 0 Å². The van der Waals surface area contributed by atoms with E-state index in [0.717, 1.165) is 0 Å². The lowest BCUT2D eigenvalue weighted by Crippen LogP contribution is -2.61. The van der Waals surface area contributed by atoms with Gasteiger partial charge in [0.2, 0.25) is 0 Å². The third kappa shape index (κ3) is 18.6. The Morgan fingerprint density at radius 2 is 1.23 bits per heavy atom. The highest BCUT2D eigenvalue weighted by Crippen LogP contribution is 2.38. The summed E-state index contributed by atoms with van der Waals surface area (Å²) in [5.74, 6) is -6.83. The van der Waals surface area contributed by atoms with Gasteiger partial charge in [-0.2, -0.15) is 0 Å². The van der Waals surface area contributed by atoms with Crippen LogP contribution in [-0.4, -0.2) is 166 Å². The van der Waals surface area contributed by atoms with Crippen LogP contribution in [0.3, 0.4) is 0 Å². The van der Waals surface area contributed by atoms with Crippen molar-refractivity contribution in [2.45, 2.75) is 177 Å². The van der Waals surface area contributed by atoms with E-state index in [1.54, 1.807) is 80.7 Å². The molecule has 3 rings (SSSR count). The number of cyclic esters (lactones) is 1. The van der Waals surface area contributed by atoms with Crippen molar-refractivity contribution in [2.75, 3.05) is 0 Å². The quantitative estimate of drug-likeness (QED) is 0.174. The van der Waals surface area contributed by atoms with Crippen LogP contribution in [0.1, 0.15) is 79.1 Å². The van der Waals surface area contributed by atoms with Gasteiger partial charge in [-0.25, -0.2) is 0 Å². The number of hydrogen-bond acceptors (Lipinski definition) is 17. The van der Waals surface area contributed by atoms with E-state index in [1.807, 2.05) is 19.1 Å². The van der Waals surface area contributed by atoms with Gasteiger partial charge in [0.05, 0.1) is 79.6 Å². The largest absolute Gasteiger partial charge is 0.481 e. The van der Waals surface area contributed by atoms with Gasteiger partial charge in [-0.05, 0) is 33.1 Å². The monoisotopic (exact) mass is 923 g/mol. The number of nitrogens with two attached hydrogens (primary N) is 1. The summed E-state index contributed by atoms with van der Waals surface area (Å²) in [6.45, 7) is 6.74. The summed E-state index contributed by atoms with van der Waals surface area (Å²) in [6.07, 6.45) is 3.46. The summed E-state index contributed by atoms with van der Waals surface area (Å²) in [7, 11) is 0. The Morgan fingerprint density at radius 1 is 0.662 bits per heavy atom. The molecule has 2 saturated heterocycles. The van der Waals surface area contributed by atoms with Crippen LogP contribution in [0.4, 0.5) is 0 Å². The van der Waals surface area contributed by atoms with Crippen LogP contribution in [0.2, 0.25) is 0 Å². The molecule has 368 valence electrons. The first-order valence-electron chi connectivity index (χ1n) is 22.3. The van der Waals surface area contributed by atoms with E-state index in [1.165, 1.54) is 13.0 Å². The number of ether oxygens (including phenoxy) is 4. The minimum absolute atomic E-state index is 0.107. The number of carboxylic acids is 1. The Labute approximate surface area is 381 Å². The van der Waals surface area contributed by atoms with Gasteiger partial charge in [0.15, 0.2) is 12.1 Å². The molecule has 3 aliphatic heterocycles. The minimum Gasteiger partial charge on any atom is -0.481 e. The maximum atomic E-state index is 12.6. The van der Waals surface area contributed by atoms with Crippen LogP contribution in [-0.2, 0) is 28.5 Å². The Hall–Kier alpha value is -3.44. The van der Waals surface area contributed by atoms with Crippen LogP contribution in [0.15, 0.2) is 85.1 Å². The number of carboxylic acid groups (broad SMARTS) is 1. The fourth-order valence-corrected chi connectivity index (χ4v) is 7.97. The number of aliphatic hydroxyl groups is 10. The molecule has 0 spiro atoms.